The maximum Gasteiger partial charge on any atom is 0.305 e. The maximum absolute atomic E-state index is 11.0. The minimum atomic E-state index is -1.62. The van der Waals surface area contributed by atoms with Crippen LogP contribution < -0.4 is 0 Å². The molecule has 0 spiro atoms. The molecule has 0 aliphatic heterocycles. The second-order valence-electron chi connectivity index (χ2n) is 9.91. The first-order valence-electron chi connectivity index (χ1n) is 11.9. The van der Waals surface area contributed by atoms with E-state index in [-0.39, 0.29) is 5.97 Å². The standard InChI is InChI=1S/C24H50O3Si/c1-8-22(27-28(6,7)24(2,3)4)20-18-16-14-12-10-9-11-13-15-17-19-21-23(25)26-5/h22H,8-21H2,1-7H3. The fraction of sp³-hybridized carbons (Fsp3) is 0.958. The third-order valence-electron chi connectivity index (χ3n) is 6.36. The molecule has 0 bridgehead atoms. The highest BCUT2D eigenvalue weighted by molar-refractivity contribution is 6.74. The zero-order valence-corrected chi connectivity index (χ0v) is 21.2. The summed E-state index contributed by atoms with van der Waals surface area (Å²) in [5, 5.41) is 0.307. The number of ether oxygens (including phenoxy) is 1. The Morgan fingerprint density at radius 2 is 1.25 bits per heavy atom. The van der Waals surface area contributed by atoms with Crippen LogP contribution in [0.15, 0.2) is 0 Å². The van der Waals surface area contributed by atoms with Crippen LogP contribution in [0, 0.1) is 0 Å². The number of carbonyl (C=O) groups is 1. The molecule has 0 saturated heterocycles. The molecule has 0 fully saturated rings. The van der Waals surface area contributed by atoms with Crippen LogP contribution in [-0.2, 0) is 14.0 Å². The van der Waals surface area contributed by atoms with Gasteiger partial charge in [-0.3, -0.25) is 4.79 Å². The molecule has 0 saturated carbocycles. The summed E-state index contributed by atoms with van der Waals surface area (Å²) < 4.78 is 11.2. The van der Waals surface area contributed by atoms with E-state index in [4.69, 9.17) is 4.43 Å². The van der Waals surface area contributed by atoms with E-state index in [0.717, 1.165) is 19.3 Å². The van der Waals surface area contributed by atoms with Gasteiger partial charge in [-0.25, -0.2) is 0 Å². The second-order valence-corrected chi connectivity index (χ2v) is 14.7. The molecule has 0 aromatic carbocycles. The van der Waals surface area contributed by atoms with E-state index in [1.807, 2.05) is 0 Å². The van der Waals surface area contributed by atoms with Crippen LogP contribution in [0.3, 0.4) is 0 Å². The highest BCUT2D eigenvalue weighted by atomic mass is 28.4. The molecule has 4 heteroatoms. The van der Waals surface area contributed by atoms with E-state index in [9.17, 15) is 4.79 Å². The molecule has 0 aliphatic carbocycles. The Morgan fingerprint density at radius 3 is 1.64 bits per heavy atom. The Hall–Kier alpha value is -0.353. The van der Waals surface area contributed by atoms with Crippen molar-refractivity contribution < 1.29 is 14.0 Å². The number of hydrogen-bond donors (Lipinski definition) is 0. The first kappa shape index (κ1) is 27.6. The van der Waals surface area contributed by atoms with Crippen LogP contribution >= 0.6 is 0 Å². The van der Waals surface area contributed by atoms with E-state index in [0.29, 0.717) is 17.6 Å². The molecule has 28 heavy (non-hydrogen) atoms. The van der Waals surface area contributed by atoms with Crippen molar-refractivity contribution >= 4 is 14.3 Å². The van der Waals surface area contributed by atoms with Crippen molar-refractivity contribution in [2.45, 2.75) is 142 Å². The van der Waals surface area contributed by atoms with Crippen molar-refractivity contribution in [3.05, 3.63) is 0 Å². The normalized spacial score (nSPS) is 13.5. The van der Waals surface area contributed by atoms with Crippen molar-refractivity contribution in [3.63, 3.8) is 0 Å². The highest BCUT2D eigenvalue weighted by Crippen LogP contribution is 2.38. The van der Waals surface area contributed by atoms with Gasteiger partial charge in [-0.1, -0.05) is 91.9 Å². The van der Waals surface area contributed by atoms with Gasteiger partial charge in [0.15, 0.2) is 8.32 Å². The molecule has 1 atom stereocenters. The Balaban J connectivity index is 3.54. The van der Waals surface area contributed by atoms with Crippen molar-refractivity contribution in [2.24, 2.45) is 0 Å². The molecule has 0 N–H and O–H groups in total. The largest absolute Gasteiger partial charge is 0.469 e. The van der Waals surface area contributed by atoms with E-state index >= 15 is 0 Å². The Kier molecular flexibility index (Phi) is 15.3. The van der Waals surface area contributed by atoms with Gasteiger partial charge in [0, 0.05) is 12.5 Å². The van der Waals surface area contributed by atoms with Crippen molar-refractivity contribution in [2.75, 3.05) is 7.11 Å². The van der Waals surface area contributed by atoms with Gasteiger partial charge in [0.2, 0.25) is 0 Å². The lowest BCUT2D eigenvalue weighted by Gasteiger charge is -2.39. The predicted octanol–water partition coefficient (Wildman–Crippen LogP) is 8.03. The summed E-state index contributed by atoms with van der Waals surface area (Å²) >= 11 is 0. The first-order valence-corrected chi connectivity index (χ1v) is 14.8. The molecule has 0 aromatic heterocycles. The second kappa shape index (κ2) is 15.5. The SMILES string of the molecule is CCC(CCCCCCCCCCCCCC(=O)OC)O[Si](C)(C)C(C)(C)C. The smallest absolute Gasteiger partial charge is 0.305 e. The number of rotatable bonds is 17. The molecule has 0 amide bonds. The number of esters is 1. The third-order valence-corrected chi connectivity index (χ3v) is 10.9. The van der Waals surface area contributed by atoms with Gasteiger partial charge in [-0.2, -0.15) is 0 Å². The minimum absolute atomic E-state index is 0.0724. The van der Waals surface area contributed by atoms with Crippen LogP contribution in [-0.4, -0.2) is 27.5 Å². The number of hydrogen-bond acceptors (Lipinski definition) is 3. The molecule has 0 heterocycles. The van der Waals surface area contributed by atoms with Gasteiger partial charge in [0.25, 0.3) is 0 Å². The van der Waals surface area contributed by atoms with Crippen molar-refractivity contribution in [1.82, 2.24) is 0 Å². The van der Waals surface area contributed by atoms with Crippen LogP contribution in [0.25, 0.3) is 0 Å². The molecule has 3 nitrogen and oxygen atoms in total. The molecule has 1 unspecified atom stereocenters. The van der Waals surface area contributed by atoms with Crippen molar-refractivity contribution in [3.8, 4) is 0 Å². The average Bonchev–Trinajstić information content (AvgIpc) is 2.63. The Labute approximate surface area is 177 Å². The van der Waals surface area contributed by atoms with Gasteiger partial charge >= 0.3 is 5.97 Å². The summed E-state index contributed by atoms with van der Waals surface area (Å²) in [6, 6.07) is 0. The van der Waals surface area contributed by atoms with Gasteiger partial charge in [0.1, 0.15) is 0 Å². The summed E-state index contributed by atoms with van der Waals surface area (Å²) in [5.41, 5.74) is 0. The molecular weight excluding hydrogens is 364 g/mol. The quantitative estimate of drug-likeness (QED) is 0.137. The fourth-order valence-electron chi connectivity index (χ4n) is 3.27. The number of carbonyl (C=O) groups excluding carboxylic acids is 1. The maximum atomic E-state index is 11.0. The summed E-state index contributed by atoms with van der Waals surface area (Å²) in [7, 11) is -0.156. The third kappa shape index (κ3) is 13.8. The molecular formula is C24H50O3Si. The predicted molar refractivity (Wildman–Crippen MR) is 124 cm³/mol. The summed E-state index contributed by atoms with van der Waals surface area (Å²) in [6.45, 7) is 14.0. The van der Waals surface area contributed by atoms with E-state index < -0.39 is 8.32 Å². The van der Waals surface area contributed by atoms with Gasteiger partial charge in [0.05, 0.1) is 7.11 Å². The number of methoxy groups -OCH3 is 1. The van der Waals surface area contributed by atoms with Crippen LogP contribution in [0.1, 0.15) is 118 Å². The summed E-state index contributed by atoms with van der Waals surface area (Å²) in [5.74, 6) is -0.0724. The summed E-state index contributed by atoms with van der Waals surface area (Å²) in [6.07, 6.45) is 17.6. The zero-order chi connectivity index (χ0) is 21.5. The highest BCUT2D eigenvalue weighted by Gasteiger charge is 2.38. The Morgan fingerprint density at radius 1 is 0.821 bits per heavy atom. The molecule has 0 aliphatic rings. The summed E-state index contributed by atoms with van der Waals surface area (Å²) in [4.78, 5) is 11.0. The molecule has 168 valence electrons. The lowest BCUT2D eigenvalue weighted by molar-refractivity contribution is -0.140. The van der Waals surface area contributed by atoms with Crippen LogP contribution in [0.4, 0.5) is 0 Å². The first-order chi connectivity index (χ1) is 13.1. The van der Waals surface area contributed by atoms with Crippen LogP contribution in [0.5, 0.6) is 0 Å². The van der Waals surface area contributed by atoms with E-state index in [1.54, 1.807) is 0 Å². The van der Waals surface area contributed by atoms with E-state index in [2.05, 4.69) is 45.5 Å². The lowest BCUT2D eigenvalue weighted by atomic mass is 10.0. The average molecular weight is 415 g/mol. The minimum Gasteiger partial charge on any atom is -0.469 e. The monoisotopic (exact) mass is 414 g/mol. The fourth-order valence-corrected chi connectivity index (χ4v) is 4.75. The Bertz CT molecular complexity index is 388. The van der Waals surface area contributed by atoms with Gasteiger partial charge in [-0.05, 0) is 37.4 Å². The lowest BCUT2D eigenvalue weighted by Crippen LogP contribution is -2.43. The van der Waals surface area contributed by atoms with Crippen LogP contribution in [0.2, 0.25) is 18.1 Å². The molecule has 0 aromatic rings. The number of unbranched alkanes of at least 4 members (excludes halogenated alkanes) is 10. The molecule has 0 rings (SSSR count). The zero-order valence-electron chi connectivity index (χ0n) is 20.2. The van der Waals surface area contributed by atoms with Gasteiger partial charge < -0.3 is 9.16 Å². The topological polar surface area (TPSA) is 35.5 Å². The molecule has 0 radical (unpaired) electrons. The van der Waals surface area contributed by atoms with Gasteiger partial charge in [-0.15, -0.1) is 0 Å². The van der Waals surface area contributed by atoms with Crippen molar-refractivity contribution in [1.29, 1.82) is 0 Å². The van der Waals surface area contributed by atoms with E-state index in [1.165, 1.54) is 71.3 Å².